The number of hydrogen-bond acceptors (Lipinski definition) is 6. The summed E-state index contributed by atoms with van der Waals surface area (Å²) >= 11 is 7.22. The number of benzene rings is 2. The molecule has 1 aromatic heterocycles. The van der Waals surface area contributed by atoms with Crippen molar-refractivity contribution >= 4 is 44.2 Å². The van der Waals surface area contributed by atoms with Gasteiger partial charge in [0.25, 0.3) is 5.91 Å². The molecule has 0 aliphatic rings. The quantitative estimate of drug-likeness (QED) is 0.638. The van der Waals surface area contributed by atoms with Gasteiger partial charge in [0.05, 0.1) is 24.4 Å². The van der Waals surface area contributed by atoms with Crippen molar-refractivity contribution in [3.05, 3.63) is 41.4 Å². The topological polar surface area (TPSA) is 69.7 Å². The van der Waals surface area contributed by atoms with Crippen LogP contribution in [0.2, 0.25) is 5.02 Å². The molecule has 27 heavy (non-hydrogen) atoms. The number of methoxy groups -OCH3 is 2. The average molecular weight is 407 g/mol. The van der Waals surface area contributed by atoms with Crippen LogP contribution < -0.4 is 19.5 Å². The number of nitrogens with one attached hydrogen (secondary N) is 1. The molecule has 8 heteroatoms. The van der Waals surface area contributed by atoms with E-state index < -0.39 is 5.60 Å². The molecule has 0 bridgehead atoms. The number of fused-ring (bicyclic) bond motifs is 1. The van der Waals surface area contributed by atoms with Gasteiger partial charge in [-0.1, -0.05) is 22.9 Å². The van der Waals surface area contributed by atoms with E-state index in [-0.39, 0.29) is 5.91 Å². The SMILES string of the molecule is COc1cc2nc(NC(=O)C(C)(C)Oc3ccc(Cl)cc3)sc2cc1OC. The Balaban J connectivity index is 1.78. The minimum Gasteiger partial charge on any atom is -0.493 e. The number of thiazole rings is 1. The first-order valence-electron chi connectivity index (χ1n) is 8.11. The molecular weight excluding hydrogens is 388 g/mol. The van der Waals surface area contributed by atoms with Crippen LogP contribution in [0.3, 0.4) is 0 Å². The number of carbonyl (C=O) groups is 1. The van der Waals surface area contributed by atoms with Crippen LogP contribution in [0.15, 0.2) is 36.4 Å². The summed E-state index contributed by atoms with van der Waals surface area (Å²) < 4.78 is 17.3. The number of ether oxygens (including phenoxy) is 3. The van der Waals surface area contributed by atoms with Gasteiger partial charge < -0.3 is 14.2 Å². The fraction of sp³-hybridized carbons (Fsp3) is 0.263. The van der Waals surface area contributed by atoms with E-state index >= 15 is 0 Å². The Morgan fingerprint density at radius 3 is 2.37 bits per heavy atom. The van der Waals surface area contributed by atoms with Crippen LogP contribution >= 0.6 is 22.9 Å². The second-order valence-electron chi connectivity index (χ2n) is 6.21. The highest BCUT2D eigenvalue weighted by Crippen LogP contribution is 2.36. The highest BCUT2D eigenvalue weighted by Gasteiger charge is 2.31. The van der Waals surface area contributed by atoms with Gasteiger partial charge in [-0.05, 0) is 38.1 Å². The number of carbonyl (C=O) groups excluding carboxylic acids is 1. The van der Waals surface area contributed by atoms with E-state index in [0.717, 1.165) is 4.70 Å². The third-order valence-electron chi connectivity index (χ3n) is 3.85. The Labute approximate surface area is 166 Å². The van der Waals surface area contributed by atoms with E-state index in [2.05, 4.69) is 10.3 Å². The van der Waals surface area contributed by atoms with Crippen molar-refractivity contribution in [3.63, 3.8) is 0 Å². The van der Waals surface area contributed by atoms with Crippen LogP contribution in [0, 0.1) is 0 Å². The van der Waals surface area contributed by atoms with Crippen molar-refractivity contribution in [2.24, 2.45) is 0 Å². The summed E-state index contributed by atoms with van der Waals surface area (Å²) in [6.07, 6.45) is 0. The normalized spacial score (nSPS) is 11.3. The molecule has 1 heterocycles. The zero-order valence-electron chi connectivity index (χ0n) is 15.3. The van der Waals surface area contributed by atoms with Crippen molar-refractivity contribution in [3.8, 4) is 17.2 Å². The second kappa shape index (κ2) is 7.62. The van der Waals surface area contributed by atoms with E-state index in [1.807, 2.05) is 6.07 Å². The third-order valence-corrected chi connectivity index (χ3v) is 5.03. The smallest absolute Gasteiger partial charge is 0.269 e. The molecular formula is C19H19ClN2O4S. The van der Waals surface area contributed by atoms with Crippen LogP contribution in [0.25, 0.3) is 10.2 Å². The molecule has 0 aliphatic heterocycles. The maximum Gasteiger partial charge on any atom is 0.269 e. The third kappa shape index (κ3) is 4.26. The molecule has 0 saturated heterocycles. The molecule has 142 valence electrons. The van der Waals surface area contributed by atoms with Gasteiger partial charge in [0.15, 0.2) is 22.2 Å². The maximum atomic E-state index is 12.7. The Kier molecular flexibility index (Phi) is 5.43. The van der Waals surface area contributed by atoms with E-state index in [1.165, 1.54) is 11.3 Å². The van der Waals surface area contributed by atoms with Crippen molar-refractivity contribution < 1.29 is 19.0 Å². The fourth-order valence-electron chi connectivity index (χ4n) is 2.40. The van der Waals surface area contributed by atoms with E-state index in [9.17, 15) is 4.79 Å². The van der Waals surface area contributed by atoms with E-state index in [4.69, 9.17) is 25.8 Å². The molecule has 6 nitrogen and oxygen atoms in total. The summed E-state index contributed by atoms with van der Waals surface area (Å²) in [6, 6.07) is 10.5. The van der Waals surface area contributed by atoms with Crippen LogP contribution in [0.5, 0.6) is 17.2 Å². The summed E-state index contributed by atoms with van der Waals surface area (Å²) in [5, 5.41) is 3.89. The zero-order chi connectivity index (χ0) is 19.6. The van der Waals surface area contributed by atoms with Gasteiger partial charge >= 0.3 is 0 Å². The molecule has 0 radical (unpaired) electrons. The molecule has 1 N–H and O–H groups in total. The van der Waals surface area contributed by atoms with Gasteiger partial charge in [-0.25, -0.2) is 4.98 Å². The summed E-state index contributed by atoms with van der Waals surface area (Å²) in [5.74, 6) is 1.44. The number of anilines is 1. The standard InChI is InChI=1S/C19H19ClN2O4S/c1-19(2,26-12-7-5-11(20)6-8-12)17(23)22-18-21-13-9-14(24-3)15(25-4)10-16(13)27-18/h5-10H,1-4H3,(H,21,22,23). The summed E-state index contributed by atoms with van der Waals surface area (Å²) in [6.45, 7) is 3.38. The summed E-state index contributed by atoms with van der Waals surface area (Å²) in [5.41, 5.74) is -0.384. The number of hydrogen-bond donors (Lipinski definition) is 1. The summed E-state index contributed by atoms with van der Waals surface area (Å²) in [4.78, 5) is 17.1. The van der Waals surface area contributed by atoms with Crippen LogP contribution in [0.1, 0.15) is 13.8 Å². The van der Waals surface area contributed by atoms with Crippen molar-refractivity contribution in [1.29, 1.82) is 0 Å². The highest BCUT2D eigenvalue weighted by molar-refractivity contribution is 7.22. The highest BCUT2D eigenvalue weighted by atomic mass is 35.5. The minimum atomic E-state index is -1.10. The zero-order valence-corrected chi connectivity index (χ0v) is 16.9. The largest absolute Gasteiger partial charge is 0.493 e. The molecule has 0 aliphatic carbocycles. The number of amides is 1. The fourth-order valence-corrected chi connectivity index (χ4v) is 3.40. The first-order valence-corrected chi connectivity index (χ1v) is 9.30. The lowest BCUT2D eigenvalue weighted by Gasteiger charge is -2.24. The predicted molar refractivity (Wildman–Crippen MR) is 108 cm³/mol. The lowest BCUT2D eigenvalue weighted by molar-refractivity contribution is -0.128. The molecule has 3 aromatic rings. The first kappa shape index (κ1) is 19.3. The molecule has 0 saturated carbocycles. The molecule has 3 rings (SSSR count). The molecule has 0 unspecified atom stereocenters. The molecule has 0 fully saturated rings. The first-order chi connectivity index (χ1) is 12.8. The van der Waals surface area contributed by atoms with Gasteiger partial charge in [0.2, 0.25) is 0 Å². The van der Waals surface area contributed by atoms with Gasteiger partial charge in [0.1, 0.15) is 5.75 Å². The van der Waals surface area contributed by atoms with Crippen molar-refractivity contribution in [2.75, 3.05) is 19.5 Å². The van der Waals surface area contributed by atoms with Gasteiger partial charge in [-0.3, -0.25) is 10.1 Å². The second-order valence-corrected chi connectivity index (χ2v) is 7.68. The molecule has 0 atom stereocenters. The molecule has 0 spiro atoms. The monoisotopic (exact) mass is 406 g/mol. The van der Waals surface area contributed by atoms with Crippen molar-refractivity contribution in [2.45, 2.75) is 19.4 Å². The lowest BCUT2D eigenvalue weighted by Crippen LogP contribution is -2.42. The van der Waals surface area contributed by atoms with Gasteiger partial charge in [-0.15, -0.1) is 0 Å². The number of halogens is 1. The van der Waals surface area contributed by atoms with Crippen LogP contribution in [-0.2, 0) is 4.79 Å². The molecule has 2 aromatic carbocycles. The van der Waals surface area contributed by atoms with Gasteiger partial charge in [0, 0.05) is 17.2 Å². The minimum absolute atomic E-state index is 0.310. The van der Waals surface area contributed by atoms with E-state index in [1.54, 1.807) is 58.4 Å². The predicted octanol–water partition coefficient (Wildman–Crippen LogP) is 4.76. The number of nitrogens with zero attached hydrogens (tertiary/aromatic N) is 1. The lowest BCUT2D eigenvalue weighted by atomic mass is 10.1. The Morgan fingerprint density at radius 1 is 1.11 bits per heavy atom. The molecule has 1 amide bonds. The Morgan fingerprint density at radius 2 is 1.74 bits per heavy atom. The Hall–Kier alpha value is -2.51. The maximum absolute atomic E-state index is 12.7. The van der Waals surface area contributed by atoms with Gasteiger partial charge in [-0.2, -0.15) is 0 Å². The van der Waals surface area contributed by atoms with Crippen molar-refractivity contribution in [1.82, 2.24) is 4.98 Å². The average Bonchev–Trinajstić information content (AvgIpc) is 3.03. The summed E-state index contributed by atoms with van der Waals surface area (Å²) in [7, 11) is 3.14. The van der Waals surface area contributed by atoms with Crippen LogP contribution in [0.4, 0.5) is 5.13 Å². The number of aromatic nitrogens is 1. The number of rotatable bonds is 6. The van der Waals surface area contributed by atoms with Crippen LogP contribution in [-0.4, -0.2) is 30.7 Å². The Bertz CT molecular complexity index is 929. The van der Waals surface area contributed by atoms with E-state index in [0.29, 0.717) is 32.9 Å².